The Hall–Kier alpha value is -1.84. The largest absolute Gasteiger partial charge is 0.480 e. The predicted octanol–water partition coefficient (Wildman–Crippen LogP) is 1.85. The zero-order valence-corrected chi connectivity index (χ0v) is 10.5. The van der Waals surface area contributed by atoms with Gasteiger partial charge in [-0.2, -0.15) is 0 Å². The Morgan fingerprint density at radius 2 is 1.82 bits per heavy atom. The molecule has 0 aliphatic heterocycles. The van der Waals surface area contributed by atoms with Gasteiger partial charge in [-0.05, 0) is 44.0 Å². The van der Waals surface area contributed by atoms with Crippen LogP contribution in [-0.2, 0) is 4.79 Å². The minimum atomic E-state index is -1.01. The van der Waals surface area contributed by atoms with Crippen molar-refractivity contribution in [3.05, 3.63) is 34.9 Å². The van der Waals surface area contributed by atoms with E-state index in [2.05, 4.69) is 0 Å². The van der Waals surface area contributed by atoms with Crippen molar-refractivity contribution in [2.45, 2.75) is 26.8 Å². The lowest BCUT2D eigenvalue weighted by molar-refractivity contribution is -0.141. The fourth-order valence-electron chi connectivity index (χ4n) is 1.42. The fourth-order valence-corrected chi connectivity index (χ4v) is 1.42. The second kappa shape index (κ2) is 4.99. The van der Waals surface area contributed by atoms with E-state index in [1.807, 2.05) is 19.9 Å². The van der Waals surface area contributed by atoms with Crippen LogP contribution in [0, 0.1) is 13.8 Å². The maximum Gasteiger partial charge on any atom is 0.326 e. The summed E-state index contributed by atoms with van der Waals surface area (Å²) >= 11 is 0. The molecule has 1 unspecified atom stereocenters. The second-order valence-electron chi connectivity index (χ2n) is 4.23. The molecular weight excluding hydrogens is 218 g/mol. The second-order valence-corrected chi connectivity index (χ2v) is 4.23. The maximum atomic E-state index is 12.0. The van der Waals surface area contributed by atoms with Gasteiger partial charge in [-0.1, -0.05) is 6.07 Å². The maximum absolute atomic E-state index is 12.0. The van der Waals surface area contributed by atoms with Crippen molar-refractivity contribution in [3.8, 4) is 0 Å². The Morgan fingerprint density at radius 3 is 2.29 bits per heavy atom. The highest BCUT2D eigenvalue weighted by Crippen LogP contribution is 2.12. The van der Waals surface area contributed by atoms with E-state index < -0.39 is 12.0 Å². The summed E-state index contributed by atoms with van der Waals surface area (Å²) in [5.41, 5.74) is 2.64. The van der Waals surface area contributed by atoms with Crippen LogP contribution in [0.2, 0.25) is 0 Å². The lowest BCUT2D eigenvalue weighted by Crippen LogP contribution is -2.40. The van der Waals surface area contributed by atoms with Crippen LogP contribution < -0.4 is 0 Å². The van der Waals surface area contributed by atoms with Crippen molar-refractivity contribution >= 4 is 11.9 Å². The van der Waals surface area contributed by atoms with Crippen molar-refractivity contribution in [1.82, 2.24) is 4.90 Å². The predicted molar refractivity (Wildman–Crippen MR) is 65.1 cm³/mol. The van der Waals surface area contributed by atoms with Gasteiger partial charge in [0.15, 0.2) is 0 Å². The van der Waals surface area contributed by atoms with Gasteiger partial charge in [-0.25, -0.2) is 4.79 Å². The van der Waals surface area contributed by atoms with Gasteiger partial charge >= 0.3 is 5.97 Å². The van der Waals surface area contributed by atoms with Gasteiger partial charge in [0, 0.05) is 12.6 Å². The summed E-state index contributed by atoms with van der Waals surface area (Å²) < 4.78 is 0. The van der Waals surface area contributed by atoms with E-state index in [0.717, 1.165) is 11.1 Å². The first-order valence-corrected chi connectivity index (χ1v) is 5.41. The molecule has 0 radical (unpaired) electrons. The Balaban J connectivity index is 2.96. The first kappa shape index (κ1) is 13.2. The summed E-state index contributed by atoms with van der Waals surface area (Å²) in [6.45, 7) is 5.38. The molecule has 1 aromatic rings. The van der Waals surface area contributed by atoms with Crippen LogP contribution in [0.1, 0.15) is 28.4 Å². The van der Waals surface area contributed by atoms with Crippen molar-refractivity contribution in [2.75, 3.05) is 7.05 Å². The molecule has 92 valence electrons. The monoisotopic (exact) mass is 235 g/mol. The molecule has 1 aromatic carbocycles. The van der Waals surface area contributed by atoms with E-state index in [9.17, 15) is 9.59 Å². The van der Waals surface area contributed by atoms with Crippen LogP contribution >= 0.6 is 0 Å². The number of hydrogen-bond donors (Lipinski definition) is 1. The summed E-state index contributed by atoms with van der Waals surface area (Å²) in [6, 6.07) is 4.53. The summed E-state index contributed by atoms with van der Waals surface area (Å²) in [4.78, 5) is 24.0. The third-order valence-corrected chi connectivity index (χ3v) is 3.01. The molecule has 1 N–H and O–H groups in total. The summed E-state index contributed by atoms with van der Waals surface area (Å²) in [5.74, 6) is -1.28. The number of aryl methyl sites for hydroxylation is 2. The van der Waals surface area contributed by atoms with Gasteiger partial charge in [-0.15, -0.1) is 0 Å². The lowest BCUT2D eigenvalue weighted by atomic mass is 10.1. The number of carbonyl (C=O) groups excluding carboxylic acids is 1. The Labute approximate surface area is 101 Å². The minimum Gasteiger partial charge on any atom is -0.480 e. The minimum absolute atomic E-state index is 0.275. The molecule has 4 heteroatoms. The zero-order valence-electron chi connectivity index (χ0n) is 10.5. The summed E-state index contributed by atoms with van der Waals surface area (Å²) in [5, 5.41) is 8.85. The van der Waals surface area contributed by atoms with Crippen molar-refractivity contribution in [1.29, 1.82) is 0 Å². The third kappa shape index (κ3) is 2.84. The molecule has 0 heterocycles. The third-order valence-electron chi connectivity index (χ3n) is 3.01. The quantitative estimate of drug-likeness (QED) is 0.869. The number of carbonyl (C=O) groups is 2. The van der Waals surface area contributed by atoms with Crippen LogP contribution in [0.15, 0.2) is 18.2 Å². The number of amides is 1. The van der Waals surface area contributed by atoms with Crippen LogP contribution in [0.4, 0.5) is 0 Å². The van der Waals surface area contributed by atoms with Crippen LogP contribution in [0.3, 0.4) is 0 Å². The molecule has 0 fully saturated rings. The first-order chi connectivity index (χ1) is 7.84. The Kier molecular flexibility index (Phi) is 3.89. The van der Waals surface area contributed by atoms with Gasteiger partial charge < -0.3 is 10.0 Å². The average molecular weight is 235 g/mol. The van der Waals surface area contributed by atoms with Crippen LogP contribution in [0.25, 0.3) is 0 Å². The van der Waals surface area contributed by atoms with Crippen molar-refractivity contribution in [2.24, 2.45) is 0 Å². The molecule has 4 nitrogen and oxygen atoms in total. The average Bonchev–Trinajstić information content (AvgIpc) is 2.29. The highest BCUT2D eigenvalue weighted by atomic mass is 16.4. The molecular formula is C13H17NO3. The van der Waals surface area contributed by atoms with E-state index in [1.165, 1.54) is 18.9 Å². The number of benzene rings is 1. The standard InChI is InChI=1S/C13H17NO3/c1-8-5-6-11(7-9(8)2)12(15)14(4)10(3)13(16)17/h5-7,10H,1-4H3,(H,16,17). The molecule has 0 bridgehead atoms. The number of carboxylic acids is 1. The first-order valence-electron chi connectivity index (χ1n) is 5.41. The van der Waals surface area contributed by atoms with Gasteiger partial charge in [0.2, 0.25) is 0 Å². The number of nitrogens with zero attached hydrogens (tertiary/aromatic N) is 1. The molecule has 0 saturated heterocycles. The Morgan fingerprint density at radius 1 is 1.24 bits per heavy atom. The van der Waals surface area contributed by atoms with Gasteiger partial charge in [0.25, 0.3) is 5.91 Å². The fraction of sp³-hybridized carbons (Fsp3) is 0.385. The number of likely N-dealkylation sites (N-methyl/N-ethyl adjacent to an activating group) is 1. The van der Waals surface area contributed by atoms with E-state index in [4.69, 9.17) is 5.11 Å². The topological polar surface area (TPSA) is 57.6 Å². The number of aliphatic carboxylic acids is 1. The van der Waals surface area contributed by atoms with Gasteiger partial charge in [0.1, 0.15) is 6.04 Å². The highest BCUT2D eigenvalue weighted by Gasteiger charge is 2.22. The normalized spacial score (nSPS) is 12.0. The molecule has 17 heavy (non-hydrogen) atoms. The van der Waals surface area contributed by atoms with Crippen molar-refractivity contribution < 1.29 is 14.7 Å². The lowest BCUT2D eigenvalue weighted by Gasteiger charge is -2.21. The van der Waals surface area contributed by atoms with Gasteiger partial charge in [-0.3, -0.25) is 4.79 Å². The molecule has 0 spiro atoms. The van der Waals surface area contributed by atoms with E-state index in [0.29, 0.717) is 5.56 Å². The molecule has 1 rings (SSSR count). The molecule has 1 amide bonds. The van der Waals surface area contributed by atoms with E-state index >= 15 is 0 Å². The van der Waals surface area contributed by atoms with Crippen molar-refractivity contribution in [3.63, 3.8) is 0 Å². The number of carboxylic acid groups (broad SMARTS) is 1. The zero-order chi connectivity index (χ0) is 13.2. The van der Waals surface area contributed by atoms with E-state index in [1.54, 1.807) is 12.1 Å². The van der Waals surface area contributed by atoms with Crippen LogP contribution in [0.5, 0.6) is 0 Å². The Bertz CT molecular complexity index is 454. The molecule has 0 saturated carbocycles. The molecule has 0 aliphatic rings. The SMILES string of the molecule is Cc1ccc(C(=O)N(C)C(C)C(=O)O)cc1C. The molecule has 1 atom stereocenters. The number of rotatable bonds is 3. The number of hydrogen-bond acceptors (Lipinski definition) is 2. The van der Waals surface area contributed by atoms with Gasteiger partial charge in [0.05, 0.1) is 0 Å². The summed E-state index contributed by atoms with van der Waals surface area (Å²) in [7, 11) is 1.50. The summed E-state index contributed by atoms with van der Waals surface area (Å²) in [6.07, 6.45) is 0. The van der Waals surface area contributed by atoms with E-state index in [-0.39, 0.29) is 5.91 Å². The smallest absolute Gasteiger partial charge is 0.326 e. The molecule has 0 aromatic heterocycles. The van der Waals surface area contributed by atoms with Crippen LogP contribution in [-0.4, -0.2) is 35.0 Å². The highest BCUT2D eigenvalue weighted by molar-refractivity contribution is 5.96. The molecule has 0 aliphatic carbocycles.